The third kappa shape index (κ3) is 3.60. The van der Waals surface area contributed by atoms with Crippen LogP contribution in [0.5, 0.6) is 5.75 Å². The van der Waals surface area contributed by atoms with Crippen LogP contribution in [0.4, 0.5) is 0 Å². The molecule has 18 heavy (non-hydrogen) atoms. The van der Waals surface area contributed by atoms with E-state index in [1.54, 1.807) is 6.07 Å². The van der Waals surface area contributed by atoms with Gasteiger partial charge in [0, 0.05) is 22.6 Å². The van der Waals surface area contributed by atoms with Crippen LogP contribution in [0.3, 0.4) is 0 Å². The van der Waals surface area contributed by atoms with E-state index in [2.05, 4.69) is 21.2 Å². The molecule has 2 rings (SSSR count). The Morgan fingerprint density at radius 3 is 2.61 bits per heavy atom. The molecule has 5 heteroatoms. The number of benzene rings is 1. The van der Waals surface area contributed by atoms with E-state index in [1.165, 1.54) is 0 Å². The van der Waals surface area contributed by atoms with Crippen molar-refractivity contribution in [3.63, 3.8) is 0 Å². The van der Waals surface area contributed by atoms with Crippen molar-refractivity contribution in [2.45, 2.75) is 44.4 Å². The molecule has 3 nitrogen and oxygen atoms in total. The fourth-order valence-electron chi connectivity index (χ4n) is 2.29. The first-order valence-corrected chi connectivity index (χ1v) is 7.31. The lowest BCUT2D eigenvalue weighted by Gasteiger charge is -2.26. The van der Waals surface area contributed by atoms with Crippen LogP contribution in [0.25, 0.3) is 0 Å². The first kappa shape index (κ1) is 14.1. The minimum Gasteiger partial charge on any atom is -0.506 e. The largest absolute Gasteiger partial charge is 0.506 e. The van der Waals surface area contributed by atoms with Crippen LogP contribution in [0.15, 0.2) is 16.6 Å². The molecule has 1 aliphatic rings. The maximum absolute atomic E-state index is 9.86. The highest BCUT2D eigenvalue weighted by Gasteiger charge is 2.19. The molecule has 1 saturated carbocycles. The van der Waals surface area contributed by atoms with Crippen molar-refractivity contribution in [1.29, 1.82) is 0 Å². The summed E-state index contributed by atoms with van der Waals surface area (Å²) >= 11 is 9.28. The van der Waals surface area contributed by atoms with E-state index in [9.17, 15) is 10.2 Å². The standard InChI is InChI=1S/C13H17BrClNO2/c14-9-5-8(13(18)12(15)6-9)7-16-10-1-3-11(17)4-2-10/h5-6,10-11,16-18H,1-4,7H2/t10-,11-. The Balaban J connectivity index is 1.94. The molecule has 3 N–H and O–H groups in total. The van der Waals surface area contributed by atoms with Crippen LogP contribution in [0.2, 0.25) is 5.02 Å². The van der Waals surface area contributed by atoms with Gasteiger partial charge < -0.3 is 15.5 Å². The Labute approximate surface area is 120 Å². The average Bonchev–Trinajstić information content (AvgIpc) is 2.34. The number of phenols is 1. The fourth-order valence-corrected chi connectivity index (χ4v) is 3.16. The molecule has 0 atom stereocenters. The lowest BCUT2D eigenvalue weighted by atomic mass is 9.93. The van der Waals surface area contributed by atoms with E-state index < -0.39 is 0 Å². The van der Waals surface area contributed by atoms with Crippen molar-refractivity contribution >= 4 is 27.5 Å². The Bertz CT molecular complexity index is 420. The van der Waals surface area contributed by atoms with Gasteiger partial charge in [0.25, 0.3) is 0 Å². The minimum atomic E-state index is -0.142. The summed E-state index contributed by atoms with van der Waals surface area (Å²) < 4.78 is 0.862. The summed E-state index contributed by atoms with van der Waals surface area (Å²) in [5.41, 5.74) is 0.792. The Kier molecular flexibility index (Phi) is 4.90. The molecule has 0 spiro atoms. The van der Waals surface area contributed by atoms with E-state index in [0.29, 0.717) is 17.6 Å². The number of aromatic hydroxyl groups is 1. The maximum atomic E-state index is 9.86. The zero-order valence-corrected chi connectivity index (χ0v) is 12.3. The molecular weight excluding hydrogens is 318 g/mol. The molecule has 0 heterocycles. The van der Waals surface area contributed by atoms with Crippen LogP contribution in [-0.2, 0) is 6.54 Å². The Hall–Kier alpha value is -0.290. The lowest BCUT2D eigenvalue weighted by molar-refractivity contribution is 0.116. The van der Waals surface area contributed by atoms with Crippen molar-refractivity contribution in [2.24, 2.45) is 0 Å². The summed E-state index contributed by atoms with van der Waals surface area (Å²) in [7, 11) is 0. The van der Waals surface area contributed by atoms with E-state index in [4.69, 9.17) is 11.6 Å². The van der Waals surface area contributed by atoms with Crippen LogP contribution < -0.4 is 5.32 Å². The predicted molar refractivity (Wildman–Crippen MR) is 75.9 cm³/mol. The van der Waals surface area contributed by atoms with Gasteiger partial charge in [-0.15, -0.1) is 0 Å². The smallest absolute Gasteiger partial charge is 0.138 e. The van der Waals surface area contributed by atoms with Gasteiger partial charge in [0.15, 0.2) is 0 Å². The van der Waals surface area contributed by atoms with Crippen molar-refractivity contribution in [3.8, 4) is 5.75 Å². The molecule has 100 valence electrons. The molecule has 0 bridgehead atoms. The van der Waals surface area contributed by atoms with Crippen LogP contribution >= 0.6 is 27.5 Å². The summed E-state index contributed by atoms with van der Waals surface area (Å²) in [4.78, 5) is 0. The van der Waals surface area contributed by atoms with Crippen LogP contribution in [-0.4, -0.2) is 22.4 Å². The Morgan fingerprint density at radius 1 is 1.28 bits per heavy atom. The zero-order chi connectivity index (χ0) is 13.1. The molecular formula is C13H17BrClNO2. The number of rotatable bonds is 3. The molecule has 1 aromatic rings. The highest BCUT2D eigenvalue weighted by Crippen LogP contribution is 2.31. The van der Waals surface area contributed by atoms with Gasteiger partial charge in [0.05, 0.1) is 11.1 Å². The molecule has 0 radical (unpaired) electrons. The van der Waals surface area contributed by atoms with Gasteiger partial charge in [-0.2, -0.15) is 0 Å². The molecule has 1 aromatic carbocycles. The number of hydrogen-bond donors (Lipinski definition) is 3. The summed E-state index contributed by atoms with van der Waals surface area (Å²) in [5.74, 6) is 0.142. The van der Waals surface area contributed by atoms with Gasteiger partial charge in [-0.3, -0.25) is 0 Å². The summed E-state index contributed by atoms with van der Waals surface area (Å²) in [6, 6.07) is 3.95. The van der Waals surface area contributed by atoms with E-state index >= 15 is 0 Å². The topological polar surface area (TPSA) is 52.5 Å². The number of hydrogen-bond acceptors (Lipinski definition) is 3. The first-order chi connectivity index (χ1) is 8.56. The number of halogens is 2. The van der Waals surface area contributed by atoms with Gasteiger partial charge in [-0.1, -0.05) is 27.5 Å². The molecule has 1 aliphatic carbocycles. The average molecular weight is 335 g/mol. The third-order valence-electron chi connectivity index (χ3n) is 3.39. The fraction of sp³-hybridized carbons (Fsp3) is 0.538. The van der Waals surface area contributed by atoms with Gasteiger partial charge in [0.1, 0.15) is 5.75 Å². The van der Waals surface area contributed by atoms with Crippen molar-refractivity contribution in [2.75, 3.05) is 0 Å². The lowest BCUT2D eigenvalue weighted by Crippen LogP contribution is -2.34. The van der Waals surface area contributed by atoms with E-state index in [0.717, 1.165) is 35.7 Å². The first-order valence-electron chi connectivity index (χ1n) is 6.14. The monoisotopic (exact) mass is 333 g/mol. The van der Waals surface area contributed by atoms with Gasteiger partial charge >= 0.3 is 0 Å². The highest BCUT2D eigenvalue weighted by molar-refractivity contribution is 9.10. The third-order valence-corrected chi connectivity index (χ3v) is 4.13. The number of nitrogens with one attached hydrogen (secondary N) is 1. The van der Waals surface area contributed by atoms with E-state index in [-0.39, 0.29) is 11.9 Å². The predicted octanol–water partition coefficient (Wildman–Crippen LogP) is 3.20. The number of aliphatic hydroxyl groups excluding tert-OH is 1. The van der Waals surface area contributed by atoms with Gasteiger partial charge in [0.2, 0.25) is 0 Å². The van der Waals surface area contributed by atoms with E-state index in [1.807, 2.05) is 6.07 Å². The second-order valence-electron chi connectivity index (χ2n) is 4.78. The molecule has 0 aliphatic heterocycles. The molecule has 0 saturated heterocycles. The van der Waals surface area contributed by atoms with Crippen molar-refractivity contribution in [3.05, 3.63) is 27.2 Å². The SMILES string of the molecule is Oc1c(Cl)cc(Br)cc1CN[C@H]1CC[C@H](O)CC1. The second kappa shape index (κ2) is 6.24. The molecule has 0 aromatic heterocycles. The molecule has 1 fully saturated rings. The number of phenolic OH excluding ortho intramolecular Hbond substituents is 1. The Morgan fingerprint density at radius 2 is 1.94 bits per heavy atom. The maximum Gasteiger partial charge on any atom is 0.138 e. The van der Waals surface area contributed by atoms with Gasteiger partial charge in [-0.25, -0.2) is 0 Å². The highest BCUT2D eigenvalue weighted by atomic mass is 79.9. The van der Waals surface area contributed by atoms with Crippen molar-refractivity contribution < 1.29 is 10.2 Å². The minimum absolute atomic E-state index is 0.142. The molecule has 0 amide bonds. The second-order valence-corrected chi connectivity index (χ2v) is 6.10. The zero-order valence-electron chi connectivity index (χ0n) is 10.00. The van der Waals surface area contributed by atoms with Crippen LogP contribution in [0.1, 0.15) is 31.2 Å². The summed E-state index contributed by atoms with van der Waals surface area (Å²) in [6.45, 7) is 0.589. The summed E-state index contributed by atoms with van der Waals surface area (Å²) in [5, 5.41) is 23.1. The van der Waals surface area contributed by atoms with Gasteiger partial charge in [-0.05, 0) is 37.8 Å². The normalized spacial score (nSPS) is 24.2. The number of aliphatic hydroxyl groups is 1. The summed E-state index contributed by atoms with van der Waals surface area (Å²) in [6.07, 6.45) is 3.51. The van der Waals surface area contributed by atoms with Crippen molar-refractivity contribution in [1.82, 2.24) is 5.32 Å². The quantitative estimate of drug-likeness (QED) is 0.795. The molecule has 0 unspecified atom stereocenters. The van der Waals surface area contributed by atoms with Crippen LogP contribution in [0, 0.1) is 0 Å².